The number of benzene rings is 1. The molecule has 28 heavy (non-hydrogen) atoms. The number of fused-ring (bicyclic) bond motifs is 1. The predicted molar refractivity (Wildman–Crippen MR) is 108 cm³/mol. The highest BCUT2D eigenvalue weighted by Crippen LogP contribution is 2.38. The highest BCUT2D eigenvalue weighted by molar-refractivity contribution is 6.32. The molecule has 1 fully saturated rings. The third kappa shape index (κ3) is 4.06. The van der Waals surface area contributed by atoms with E-state index < -0.39 is 5.54 Å². The van der Waals surface area contributed by atoms with Crippen molar-refractivity contribution in [3.63, 3.8) is 0 Å². The molecule has 1 aromatic heterocycles. The number of ether oxygens (including phenoxy) is 2. The van der Waals surface area contributed by atoms with Crippen molar-refractivity contribution in [3.05, 3.63) is 41.2 Å². The first kappa shape index (κ1) is 20.8. The van der Waals surface area contributed by atoms with Gasteiger partial charge in [0.05, 0.1) is 18.2 Å². The molecule has 0 atom stereocenters. The van der Waals surface area contributed by atoms with E-state index in [1.807, 2.05) is 24.4 Å². The molecule has 2 aliphatic rings. The molecule has 1 aromatic carbocycles. The van der Waals surface area contributed by atoms with Crippen LogP contribution in [0, 0.1) is 0 Å². The van der Waals surface area contributed by atoms with Gasteiger partial charge in [-0.05, 0) is 49.7 Å². The fourth-order valence-corrected chi connectivity index (χ4v) is 3.94. The van der Waals surface area contributed by atoms with E-state index in [0.29, 0.717) is 49.1 Å². The topological polar surface area (TPSA) is 77.4 Å². The second kappa shape index (κ2) is 9.03. The summed E-state index contributed by atoms with van der Waals surface area (Å²) in [5.74, 6) is 1.18. The zero-order chi connectivity index (χ0) is 18.7. The lowest BCUT2D eigenvalue weighted by molar-refractivity contribution is -0.132. The van der Waals surface area contributed by atoms with Gasteiger partial charge in [-0.25, -0.2) is 0 Å². The van der Waals surface area contributed by atoms with E-state index in [1.165, 1.54) is 0 Å². The number of hydrogen-bond donors (Lipinski definition) is 2. The molecule has 1 saturated heterocycles. The zero-order valence-corrected chi connectivity index (χ0v) is 17.0. The monoisotopic (exact) mass is 426 g/mol. The van der Waals surface area contributed by atoms with Crippen LogP contribution in [0.2, 0.25) is 5.02 Å². The molecule has 1 amide bonds. The zero-order valence-electron chi connectivity index (χ0n) is 15.4. The van der Waals surface area contributed by atoms with E-state index in [1.54, 1.807) is 10.9 Å². The average Bonchev–Trinajstić information content (AvgIpc) is 3.13. The SMILES string of the molecule is Cl.O=C(NCc1cc(Cl)c2c(c1)OCCCO2)C1(n2cccn2)CCNCC1. The lowest BCUT2D eigenvalue weighted by Gasteiger charge is -2.36. The third-order valence-electron chi connectivity index (χ3n) is 5.11. The van der Waals surface area contributed by atoms with Crippen LogP contribution in [0.1, 0.15) is 24.8 Å². The van der Waals surface area contributed by atoms with Crippen molar-refractivity contribution in [2.24, 2.45) is 0 Å². The normalized spacial score (nSPS) is 17.9. The molecular formula is C19H24Cl2N4O3. The minimum atomic E-state index is -0.663. The van der Waals surface area contributed by atoms with Gasteiger partial charge in [-0.15, -0.1) is 12.4 Å². The average molecular weight is 427 g/mol. The Labute approximate surface area is 175 Å². The summed E-state index contributed by atoms with van der Waals surface area (Å²) in [6.07, 6.45) is 5.78. The number of halogens is 2. The van der Waals surface area contributed by atoms with E-state index >= 15 is 0 Å². The van der Waals surface area contributed by atoms with Gasteiger partial charge in [0.25, 0.3) is 0 Å². The van der Waals surface area contributed by atoms with Gasteiger partial charge < -0.3 is 20.1 Å². The molecular weight excluding hydrogens is 403 g/mol. The van der Waals surface area contributed by atoms with Crippen LogP contribution in [-0.2, 0) is 16.9 Å². The molecule has 0 spiro atoms. The fourth-order valence-electron chi connectivity index (χ4n) is 3.66. The molecule has 7 nitrogen and oxygen atoms in total. The lowest BCUT2D eigenvalue weighted by Crippen LogP contribution is -2.54. The number of piperidine rings is 1. The lowest BCUT2D eigenvalue weighted by atomic mass is 9.87. The second-order valence-electron chi connectivity index (χ2n) is 6.87. The summed E-state index contributed by atoms with van der Waals surface area (Å²) in [5.41, 5.74) is 0.214. The van der Waals surface area contributed by atoms with E-state index in [9.17, 15) is 4.79 Å². The molecule has 152 valence electrons. The number of aromatic nitrogens is 2. The van der Waals surface area contributed by atoms with Crippen LogP contribution in [-0.4, -0.2) is 42.0 Å². The summed E-state index contributed by atoms with van der Waals surface area (Å²) in [6, 6.07) is 5.55. The Bertz CT molecular complexity index is 808. The van der Waals surface area contributed by atoms with E-state index in [0.717, 1.165) is 25.1 Å². The molecule has 0 saturated carbocycles. The summed E-state index contributed by atoms with van der Waals surface area (Å²) < 4.78 is 13.2. The molecule has 2 aliphatic heterocycles. The molecule has 2 aromatic rings. The molecule has 0 radical (unpaired) electrons. The number of carbonyl (C=O) groups is 1. The Hall–Kier alpha value is -1.96. The van der Waals surface area contributed by atoms with Crippen molar-refractivity contribution in [3.8, 4) is 11.5 Å². The molecule has 0 aliphatic carbocycles. The van der Waals surface area contributed by atoms with Gasteiger partial charge in [0.15, 0.2) is 11.5 Å². The summed E-state index contributed by atoms with van der Waals surface area (Å²) in [6.45, 7) is 3.11. The predicted octanol–water partition coefficient (Wildman–Crippen LogP) is 2.51. The van der Waals surface area contributed by atoms with Crippen LogP contribution < -0.4 is 20.1 Å². The highest BCUT2D eigenvalue weighted by atomic mass is 35.5. The minimum Gasteiger partial charge on any atom is -0.489 e. The molecule has 0 bridgehead atoms. The van der Waals surface area contributed by atoms with Crippen molar-refractivity contribution in [1.29, 1.82) is 0 Å². The molecule has 0 unspecified atom stereocenters. The highest BCUT2D eigenvalue weighted by Gasteiger charge is 2.41. The Kier molecular flexibility index (Phi) is 6.69. The van der Waals surface area contributed by atoms with Gasteiger partial charge in [0.2, 0.25) is 5.91 Å². The molecule has 4 rings (SSSR count). The molecule has 2 N–H and O–H groups in total. The summed E-state index contributed by atoms with van der Waals surface area (Å²) in [4.78, 5) is 13.1. The number of nitrogens with one attached hydrogen (secondary N) is 2. The van der Waals surface area contributed by atoms with Gasteiger partial charge in [0.1, 0.15) is 5.54 Å². The van der Waals surface area contributed by atoms with Gasteiger partial charge in [-0.1, -0.05) is 11.6 Å². The van der Waals surface area contributed by atoms with Gasteiger partial charge in [-0.3, -0.25) is 9.48 Å². The van der Waals surface area contributed by atoms with Crippen LogP contribution in [0.3, 0.4) is 0 Å². The summed E-state index contributed by atoms with van der Waals surface area (Å²) in [5, 5.41) is 11.2. The Morgan fingerprint density at radius 3 is 2.82 bits per heavy atom. The maximum absolute atomic E-state index is 13.1. The van der Waals surface area contributed by atoms with Crippen molar-refractivity contribution >= 4 is 29.9 Å². The fraction of sp³-hybridized carbons (Fsp3) is 0.474. The smallest absolute Gasteiger partial charge is 0.248 e. The third-order valence-corrected chi connectivity index (χ3v) is 5.39. The number of amides is 1. The molecule has 9 heteroatoms. The number of hydrogen-bond acceptors (Lipinski definition) is 5. The van der Waals surface area contributed by atoms with Gasteiger partial charge in [-0.2, -0.15) is 5.10 Å². The number of carbonyl (C=O) groups excluding carboxylic acids is 1. The molecule has 3 heterocycles. The van der Waals surface area contributed by atoms with Crippen LogP contribution in [0.4, 0.5) is 0 Å². The van der Waals surface area contributed by atoms with Crippen LogP contribution in [0.25, 0.3) is 0 Å². The van der Waals surface area contributed by atoms with Crippen LogP contribution in [0.5, 0.6) is 11.5 Å². The van der Waals surface area contributed by atoms with Crippen molar-refractivity contribution in [1.82, 2.24) is 20.4 Å². The maximum atomic E-state index is 13.1. The van der Waals surface area contributed by atoms with Crippen LogP contribution >= 0.6 is 24.0 Å². The van der Waals surface area contributed by atoms with Crippen molar-refractivity contribution in [2.45, 2.75) is 31.3 Å². The largest absolute Gasteiger partial charge is 0.489 e. The first-order valence-corrected chi connectivity index (χ1v) is 9.64. The van der Waals surface area contributed by atoms with E-state index in [2.05, 4.69) is 15.7 Å². The van der Waals surface area contributed by atoms with Crippen molar-refractivity contribution in [2.75, 3.05) is 26.3 Å². The van der Waals surface area contributed by atoms with E-state index in [-0.39, 0.29) is 18.3 Å². The Morgan fingerprint density at radius 2 is 2.07 bits per heavy atom. The Morgan fingerprint density at radius 1 is 1.29 bits per heavy atom. The number of nitrogens with zero attached hydrogens (tertiary/aromatic N) is 2. The minimum absolute atomic E-state index is 0. The quantitative estimate of drug-likeness (QED) is 0.784. The van der Waals surface area contributed by atoms with Crippen LogP contribution in [0.15, 0.2) is 30.6 Å². The standard InChI is InChI=1S/C19H23ClN4O3.ClH/c20-15-11-14(12-16-17(15)27-10-2-9-26-16)13-22-18(25)19(3-6-21-7-4-19)24-8-1-5-23-24;/h1,5,8,11-12,21H,2-4,6-7,9-10,13H2,(H,22,25);1H. The summed E-state index contributed by atoms with van der Waals surface area (Å²) in [7, 11) is 0. The Balaban J connectivity index is 0.00000225. The summed E-state index contributed by atoms with van der Waals surface area (Å²) >= 11 is 6.35. The second-order valence-corrected chi connectivity index (χ2v) is 7.28. The first-order chi connectivity index (χ1) is 13.2. The maximum Gasteiger partial charge on any atom is 0.248 e. The first-order valence-electron chi connectivity index (χ1n) is 9.26. The van der Waals surface area contributed by atoms with Crippen molar-refractivity contribution < 1.29 is 14.3 Å². The number of rotatable bonds is 4. The van der Waals surface area contributed by atoms with E-state index in [4.69, 9.17) is 21.1 Å². The van der Waals surface area contributed by atoms with Gasteiger partial charge in [0, 0.05) is 25.4 Å². The van der Waals surface area contributed by atoms with Gasteiger partial charge >= 0.3 is 0 Å².